The molecule has 0 saturated carbocycles. The summed E-state index contributed by atoms with van der Waals surface area (Å²) in [5, 5.41) is 15.6. The highest BCUT2D eigenvalue weighted by atomic mass is 16.4. The van der Waals surface area contributed by atoms with Crippen LogP contribution >= 0.6 is 0 Å². The molecule has 2 aromatic heterocycles. The highest BCUT2D eigenvalue weighted by molar-refractivity contribution is 5.95. The van der Waals surface area contributed by atoms with E-state index in [2.05, 4.69) is 20.4 Å². The van der Waals surface area contributed by atoms with Crippen LogP contribution in [0.15, 0.2) is 31.0 Å². The van der Waals surface area contributed by atoms with Gasteiger partial charge in [-0.2, -0.15) is 5.10 Å². The van der Waals surface area contributed by atoms with Crippen LogP contribution in [0.4, 0.5) is 5.69 Å². The molecule has 0 spiro atoms. The van der Waals surface area contributed by atoms with E-state index in [1.165, 1.54) is 24.3 Å². The Kier molecular flexibility index (Phi) is 4.27. The number of nitrogens with zero attached hydrogens (tertiary/aromatic N) is 4. The van der Waals surface area contributed by atoms with E-state index in [0.29, 0.717) is 11.5 Å². The summed E-state index contributed by atoms with van der Waals surface area (Å²) in [7, 11) is 0. The molecule has 0 aliphatic carbocycles. The first-order chi connectivity index (χ1) is 10.0. The Morgan fingerprint density at radius 3 is 2.71 bits per heavy atom. The number of hydrogen-bond acceptors (Lipinski definition) is 5. The average Bonchev–Trinajstić information content (AvgIpc) is 3.00. The minimum atomic E-state index is -1.01. The molecule has 8 nitrogen and oxygen atoms in total. The molecule has 0 saturated heterocycles. The molecule has 2 N–H and O–H groups in total. The Balaban J connectivity index is 2.21. The van der Waals surface area contributed by atoms with Crippen molar-refractivity contribution in [3.8, 4) is 5.82 Å². The molecule has 0 aromatic carbocycles. The topological polar surface area (TPSA) is 110 Å². The molecular weight excluding hydrogens is 274 g/mol. The summed E-state index contributed by atoms with van der Waals surface area (Å²) in [4.78, 5) is 31.0. The van der Waals surface area contributed by atoms with Gasteiger partial charge in [0.1, 0.15) is 12.7 Å². The van der Waals surface area contributed by atoms with Crippen molar-refractivity contribution in [3.05, 3.63) is 31.0 Å². The van der Waals surface area contributed by atoms with Gasteiger partial charge in [-0.15, -0.1) is 0 Å². The molecule has 0 radical (unpaired) electrons. The molecule has 21 heavy (non-hydrogen) atoms. The molecule has 2 rings (SSSR count). The van der Waals surface area contributed by atoms with Crippen LogP contribution in [0.1, 0.15) is 13.8 Å². The molecule has 2 heterocycles. The van der Waals surface area contributed by atoms with Crippen LogP contribution in [0.5, 0.6) is 0 Å². The van der Waals surface area contributed by atoms with E-state index in [9.17, 15) is 9.59 Å². The molecule has 0 bridgehead atoms. The summed E-state index contributed by atoms with van der Waals surface area (Å²) in [6.45, 7) is 3.06. The molecule has 0 aliphatic heterocycles. The monoisotopic (exact) mass is 289 g/mol. The van der Waals surface area contributed by atoms with Gasteiger partial charge in [-0.05, 0) is 12.1 Å². The molecule has 110 valence electrons. The van der Waals surface area contributed by atoms with Gasteiger partial charge >= 0.3 is 5.97 Å². The van der Waals surface area contributed by atoms with E-state index in [1.807, 2.05) is 0 Å². The van der Waals surface area contributed by atoms with E-state index >= 15 is 0 Å². The minimum absolute atomic E-state index is 0.390. The SMILES string of the molecule is CC(C(=O)O)C(C)C(=O)Nc1cccnc1-n1cncn1. The number of aromatic nitrogens is 4. The maximum absolute atomic E-state index is 12.1. The number of anilines is 1. The number of pyridine rings is 1. The number of carboxylic acid groups (broad SMARTS) is 1. The Hall–Kier alpha value is -2.77. The van der Waals surface area contributed by atoms with E-state index in [-0.39, 0.29) is 5.91 Å². The minimum Gasteiger partial charge on any atom is -0.481 e. The fraction of sp³-hybridized carbons (Fsp3) is 0.308. The van der Waals surface area contributed by atoms with Gasteiger partial charge in [0.2, 0.25) is 5.91 Å². The van der Waals surface area contributed by atoms with Gasteiger partial charge in [0, 0.05) is 12.1 Å². The van der Waals surface area contributed by atoms with Crippen molar-refractivity contribution >= 4 is 17.6 Å². The summed E-state index contributed by atoms with van der Waals surface area (Å²) in [5.74, 6) is -2.44. The molecular formula is C13H15N5O3. The lowest BCUT2D eigenvalue weighted by Crippen LogP contribution is -2.30. The lowest BCUT2D eigenvalue weighted by Gasteiger charge is -2.16. The number of nitrogens with one attached hydrogen (secondary N) is 1. The summed E-state index contributed by atoms with van der Waals surface area (Å²) in [6.07, 6.45) is 4.38. The first kappa shape index (κ1) is 14.6. The summed E-state index contributed by atoms with van der Waals surface area (Å²) in [5.41, 5.74) is 0.442. The number of hydrogen-bond donors (Lipinski definition) is 2. The first-order valence-electron chi connectivity index (χ1n) is 6.34. The molecule has 2 unspecified atom stereocenters. The summed E-state index contributed by atoms with van der Waals surface area (Å²) >= 11 is 0. The predicted octanol–water partition coefficient (Wildman–Crippen LogP) is 0.958. The summed E-state index contributed by atoms with van der Waals surface area (Å²) < 4.78 is 1.42. The van der Waals surface area contributed by atoms with Crippen LogP contribution in [0.3, 0.4) is 0 Å². The number of aliphatic carboxylic acids is 1. The third-order valence-corrected chi connectivity index (χ3v) is 3.23. The van der Waals surface area contributed by atoms with Crippen molar-refractivity contribution in [2.75, 3.05) is 5.32 Å². The highest BCUT2D eigenvalue weighted by Gasteiger charge is 2.26. The largest absolute Gasteiger partial charge is 0.481 e. The number of carboxylic acids is 1. The van der Waals surface area contributed by atoms with Crippen molar-refractivity contribution in [1.29, 1.82) is 0 Å². The normalized spacial score (nSPS) is 13.4. The third-order valence-electron chi connectivity index (χ3n) is 3.23. The maximum Gasteiger partial charge on any atom is 0.307 e. The fourth-order valence-electron chi connectivity index (χ4n) is 1.68. The van der Waals surface area contributed by atoms with Gasteiger partial charge in [0.25, 0.3) is 0 Å². The zero-order chi connectivity index (χ0) is 15.4. The molecule has 8 heteroatoms. The molecule has 2 atom stereocenters. The Bertz CT molecular complexity index is 641. The maximum atomic E-state index is 12.1. The Morgan fingerprint density at radius 1 is 1.33 bits per heavy atom. The van der Waals surface area contributed by atoms with Gasteiger partial charge in [-0.25, -0.2) is 14.6 Å². The van der Waals surface area contributed by atoms with E-state index < -0.39 is 17.8 Å². The lowest BCUT2D eigenvalue weighted by atomic mass is 9.95. The van der Waals surface area contributed by atoms with Gasteiger partial charge in [-0.3, -0.25) is 9.59 Å². The van der Waals surface area contributed by atoms with Crippen molar-refractivity contribution in [2.24, 2.45) is 11.8 Å². The van der Waals surface area contributed by atoms with Crippen molar-refractivity contribution in [1.82, 2.24) is 19.7 Å². The van der Waals surface area contributed by atoms with Crippen LogP contribution in [0, 0.1) is 11.8 Å². The van der Waals surface area contributed by atoms with Crippen LogP contribution in [-0.2, 0) is 9.59 Å². The van der Waals surface area contributed by atoms with Gasteiger partial charge < -0.3 is 10.4 Å². The van der Waals surface area contributed by atoms with Gasteiger partial charge in [0.05, 0.1) is 11.6 Å². The number of carbonyl (C=O) groups excluding carboxylic acids is 1. The second-order valence-corrected chi connectivity index (χ2v) is 4.62. The van der Waals surface area contributed by atoms with E-state index in [1.54, 1.807) is 25.3 Å². The van der Waals surface area contributed by atoms with Gasteiger partial charge in [-0.1, -0.05) is 13.8 Å². The molecule has 0 aliphatic rings. The smallest absolute Gasteiger partial charge is 0.307 e. The van der Waals surface area contributed by atoms with Gasteiger partial charge in [0.15, 0.2) is 5.82 Å². The zero-order valence-corrected chi connectivity index (χ0v) is 11.6. The fourth-order valence-corrected chi connectivity index (χ4v) is 1.68. The number of carbonyl (C=O) groups is 2. The predicted molar refractivity (Wildman–Crippen MR) is 73.7 cm³/mol. The zero-order valence-electron chi connectivity index (χ0n) is 11.6. The molecule has 1 amide bonds. The second-order valence-electron chi connectivity index (χ2n) is 4.62. The van der Waals surface area contributed by atoms with E-state index in [0.717, 1.165) is 0 Å². The van der Waals surface area contributed by atoms with Crippen molar-refractivity contribution in [2.45, 2.75) is 13.8 Å². The third kappa shape index (κ3) is 3.22. The standard InChI is InChI=1S/C13H15N5O3/c1-8(9(2)13(20)21)12(19)17-10-4-3-5-15-11(10)18-7-14-6-16-18/h3-9H,1-2H3,(H,17,19)(H,20,21). The van der Waals surface area contributed by atoms with Crippen LogP contribution < -0.4 is 5.32 Å². The van der Waals surface area contributed by atoms with Crippen molar-refractivity contribution in [3.63, 3.8) is 0 Å². The second kappa shape index (κ2) is 6.12. The Labute approximate surface area is 120 Å². The van der Waals surface area contributed by atoms with Crippen LogP contribution in [-0.4, -0.2) is 36.7 Å². The first-order valence-corrected chi connectivity index (χ1v) is 6.34. The quantitative estimate of drug-likeness (QED) is 0.848. The highest BCUT2D eigenvalue weighted by Crippen LogP contribution is 2.19. The summed E-state index contributed by atoms with van der Waals surface area (Å²) in [6, 6.07) is 3.33. The Morgan fingerprint density at radius 2 is 2.10 bits per heavy atom. The molecule has 2 aromatic rings. The van der Waals surface area contributed by atoms with Crippen LogP contribution in [0.2, 0.25) is 0 Å². The number of amides is 1. The van der Waals surface area contributed by atoms with Crippen LogP contribution in [0.25, 0.3) is 5.82 Å². The average molecular weight is 289 g/mol. The van der Waals surface area contributed by atoms with Crippen molar-refractivity contribution < 1.29 is 14.7 Å². The lowest BCUT2D eigenvalue weighted by molar-refractivity contribution is -0.145. The molecule has 0 fully saturated rings. The number of rotatable bonds is 5. The van der Waals surface area contributed by atoms with E-state index in [4.69, 9.17) is 5.11 Å².